The number of amides is 2. The van der Waals surface area contributed by atoms with Crippen molar-refractivity contribution in [3.05, 3.63) is 30.3 Å². The van der Waals surface area contributed by atoms with Crippen LogP contribution in [0.4, 0.5) is 10.8 Å². The van der Waals surface area contributed by atoms with Gasteiger partial charge in [0, 0.05) is 18.7 Å². The van der Waals surface area contributed by atoms with Gasteiger partial charge >= 0.3 is 5.97 Å². The number of carbonyl (C=O) groups excluding carboxylic acids is 3. The quantitative estimate of drug-likeness (QED) is 0.427. The molecule has 0 unspecified atom stereocenters. The fraction of sp³-hybridized carbons (Fsp3) is 0.353. The molecule has 1 saturated heterocycles. The van der Waals surface area contributed by atoms with E-state index in [1.165, 1.54) is 23.1 Å². The number of hydrogen-bond donors (Lipinski definition) is 1. The lowest BCUT2D eigenvalue weighted by molar-refractivity contribution is -0.139. The maximum atomic E-state index is 12.5. The Labute approximate surface area is 164 Å². The molecule has 0 radical (unpaired) electrons. The van der Waals surface area contributed by atoms with Crippen LogP contribution >= 0.6 is 23.1 Å². The Morgan fingerprint density at radius 1 is 1.33 bits per heavy atom. The van der Waals surface area contributed by atoms with E-state index in [4.69, 9.17) is 4.74 Å². The zero-order chi connectivity index (χ0) is 19.2. The average molecular weight is 406 g/mol. The molecule has 1 atom stereocenters. The van der Waals surface area contributed by atoms with Gasteiger partial charge in [-0.3, -0.25) is 14.4 Å². The lowest BCUT2D eigenvalue weighted by Crippen LogP contribution is -2.28. The van der Waals surface area contributed by atoms with Gasteiger partial charge in [-0.2, -0.15) is 0 Å². The van der Waals surface area contributed by atoms with Crippen LogP contribution in [-0.4, -0.2) is 46.9 Å². The summed E-state index contributed by atoms with van der Waals surface area (Å²) in [5, 5.41) is 10.9. The van der Waals surface area contributed by atoms with Crippen LogP contribution in [0.5, 0.6) is 0 Å². The molecule has 2 amide bonds. The van der Waals surface area contributed by atoms with Crippen molar-refractivity contribution in [1.29, 1.82) is 0 Å². The normalized spacial score (nSPS) is 16.4. The van der Waals surface area contributed by atoms with Crippen LogP contribution in [0, 0.1) is 5.92 Å². The average Bonchev–Trinajstić information content (AvgIpc) is 3.27. The molecule has 1 N–H and O–H groups in total. The molecule has 1 fully saturated rings. The van der Waals surface area contributed by atoms with Gasteiger partial charge in [0.2, 0.25) is 16.9 Å². The lowest BCUT2D eigenvalue weighted by atomic mass is 10.1. The van der Waals surface area contributed by atoms with Crippen molar-refractivity contribution in [3.8, 4) is 0 Å². The van der Waals surface area contributed by atoms with Crippen molar-refractivity contribution >= 4 is 51.7 Å². The third-order valence-corrected chi connectivity index (χ3v) is 5.76. The summed E-state index contributed by atoms with van der Waals surface area (Å²) in [4.78, 5) is 37.7. The van der Waals surface area contributed by atoms with Crippen molar-refractivity contribution in [2.75, 3.05) is 29.1 Å². The molecule has 27 heavy (non-hydrogen) atoms. The van der Waals surface area contributed by atoms with Crippen LogP contribution in [0.1, 0.15) is 13.3 Å². The number of benzene rings is 1. The van der Waals surface area contributed by atoms with Crippen molar-refractivity contribution in [2.24, 2.45) is 5.92 Å². The van der Waals surface area contributed by atoms with E-state index in [2.05, 4.69) is 15.5 Å². The number of thioether (sulfide) groups is 1. The molecule has 3 rings (SSSR count). The minimum atomic E-state index is -0.447. The molecule has 2 aromatic rings. The first-order chi connectivity index (χ1) is 13.1. The zero-order valence-corrected chi connectivity index (χ0v) is 16.2. The van der Waals surface area contributed by atoms with Crippen LogP contribution in [0.25, 0.3) is 0 Å². The third kappa shape index (κ3) is 5.04. The Balaban J connectivity index is 1.54. The van der Waals surface area contributed by atoms with E-state index in [0.717, 1.165) is 5.69 Å². The minimum absolute atomic E-state index is 0.0794. The molecule has 0 saturated carbocycles. The van der Waals surface area contributed by atoms with E-state index in [0.29, 0.717) is 22.6 Å². The minimum Gasteiger partial charge on any atom is -0.465 e. The Morgan fingerprint density at radius 3 is 2.85 bits per heavy atom. The second kappa shape index (κ2) is 8.96. The number of hydrogen-bond acceptors (Lipinski definition) is 8. The molecule has 0 spiro atoms. The van der Waals surface area contributed by atoms with Crippen molar-refractivity contribution in [1.82, 2.24) is 10.2 Å². The number of para-hydroxylation sites is 1. The maximum Gasteiger partial charge on any atom is 0.316 e. The Hall–Kier alpha value is -2.46. The van der Waals surface area contributed by atoms with Crippen molar-refractivity contribution < 1.29 is 19.1 Å². The van der Waals surface area contributed by atoms with Gasteiger partial charge in [0.15, 0.2) is 4.34 Å². The highest BCUT2D eigenvalue weighted by Crippen LogP contribution is 2.28. The first-order valence-electron chi connectivity index (χ1n) is 8.35. The maximum absolute atomic E-state index is 12.5. The molecule has 0 bridgehead atoms. The smallest absolute Gasteiger partial charge is 0.316 e. The molecule has 1 aromatic heterocycles. The van der Waals surface area contributed by atoms with E-state index < -0.39 is 5.92 Å². The van der Waals surface area contributed by atoms with E-state index in [1.54, 1.807) is 11.8 Å². The number of anilines is 2. The van der Waals surface area contributed by atoms with Gasteiger partial charge < -0.3 is 15.0 Å². The van der Waals surface area contributed by atoms with Gasteiger partial charge in [-0.1, -0.05) is 41.3 Å². The molecule has 1 aliphatic rings. The number of nitrogens with one attached hydrogen (secondary N) is 1. The van der Waals surface area contributed by atoms with Crippen LogP contribution < -0.4 is 10.2 Å². The van der Waals surface area contributed by atoms with Gasteiger partial charge in [-0.25, -0.2) is 0 Å². The molecule has 1 aliphatic heterocycles. The molecule has 142 valence electrons. The summed E-state index contributed by atoms with van der Waals surface area (Å²) in [6.07, 6.45) is 0.157. The molecular weight excluding hydrogens is 388 g/mol. The summed E-state index contributed by atoms with van der Waals surface area (Å²) in [7, 11) is 0. The molecule has 0 aliphatic carbocycles. The molecule has 10 heteroatoms. The number of aromatic nitrogens is 2. The lowest BCUT2D eigenvalue weighted by Gasteiger charge is -2.16. The largest absolute Gasteiger partial charge is 0.465 e. The topological polar surface area (TPSA) is 101 Å². The number of ether oxygens (including phenoxy) is 1. The van der Waals surface area contributed by atoms with Crippen LogP contribution in [0.3, 0.4) is 0 Å². The monoisotopic (exact) mass is 406 g/mol. The van der Waals surface area contributed by atoms with Gasteiger partial charge in [0.1, 0.15) is 0 Å². The van der Waals surface area contributed by atoms with Gasteiger partial charge in [0.05, 0.1) is 18.3 Å². The van der Waals surface area contributed by atoms with E-state index >= 15 is 0 Å². The number of rotatable bonds is 7. The van der Waals surface area contributed by atoms with E-state index in [1.807, 2.05) is 30.3 Å². The highest BCUT2D eigenvalue weighted by atomic mass is 32.2. The fourth-order valence-electron chi connectivity index (χ4n) is 2.59. The van der Waals surface area contributed by atoms with Crippen LogP contribution in [-0.2, 0) is 19.1 Å². The van der Waals surface area contributed by atoms with Crippen molar-refractivity contribution in [3.63, 3.8) is 0 Å². The summed E-state index contributed by atoms with van der Waals surface area (Å²) < 4.78 is 5.41. The Kier molecular flexibility index (Phi) is 6.40. The number of carbonyl (C=O) groups is 3. The summed E-state index contributed by atoms with van der Waals surface area (Å²) in [6.45, 7) is 2.41. The molecule has 2 heterocycles. The number of nitrogens with zero attached hydrogens (tertiary/aromatic N) is 3. The van der Waals surface area contributed by atoms with Crippen LogP contribution in [0.2, 0.25) is 0 Å². The van der Waals surface area contributed by atoms with E-state index in [9.17, 15) is 14.4 Å². The highest BCUT2D eigenvalue weighted by Gasteiger charge is 2.35. The summed E-state index contributed by atoms with van der Waals surface area (Å²) in [5.74, 6) is -0.977. The second-order valence-electron chi connectivity index (χ2n) is 5.70. The predicted molar refractivity (Wildman–Crippen MR) is 103 cm³/mol. The summed E-state index contributed by atoms with van der Waals surface area (Å²) in [6, 6.07) is 9.27. The Morgan fingerprint density at radius 2 is 2.11 bits per heavy atom. The molecular formula is C17H18N4O4S2. The van der Waals surface area contributed by atoms with Gasteiger partial charge in [0.25, 0.3) is 0 Å². The van der Waals surface area contributed by atoms with Crippen molar-refractivity contribution in [2.45, 2.75) is 17.7 Å². The van der Waals surface area contributed by atoms with Crippen LogP contribution in [0.15, 0.2) is 34.7 Å². The highest BCUT2D eigenvalue weighted by molar-refractivity contribution is 8.01. The van der Waals surface area contributed by atoms with E-state index in [-0.39, 0.29) is 30.0 Å². The molecule has 8 nitrogen and oxygen atoms in total. The summed E-state index contributed by atoms with van der Waals surface area (Å²) >= 11 is 2.38. The standard InChI is InChI=1S/C17H18N4O4S2/c1-2-25-14(23)10-26-17-20-19-16(27-17)18-15(24)11-8-13(22)21(9-11)12-6-4-3-5-7-12/h3-7,11H,2,8-10H2,1H3,(H,18,19,24)/t11-/m1/s1. The fourth-order valence-corrected chi connectivity index (χ4v) is 4.14. The number of esters is 1. The first-order valence-corrected chi connectivity index (χ1v) is 10.1. The summed E-state index contributed by atoms with van der Waals surface area (Å²) in [5.41, 5.74) is 0.784. The first kappa shape index (κ1) is 19.3. The molecule has 1 aromatic carbocycles. The second-order valence-corrected chi connectivity index (χ2v) is 7.90. The predicted octanol–water partition coefficient (Wildman–Crippen LogP) is 2.18. The SMILES string of the molecule is CCOC(=O)CSc1nnc(NC(=O)[C@@H]2CC(=O)N(c3ccccc3)C2)s1. The van der Waals surface area contributed by atoms with Gasteiger partial charge in [-0.05, 0) is 19.1 Å². The Bertz CT molecular complexity index is 827. The third-order valence-electron chi connectivity index (χ3n) is 3.82. The zero-order valence-electron chi connectivity index (χ0n) is 14.6. The van der Waals surface area contributed by atoms with Gasteiger partial charge in [-0.15, -0.1) is 10.2 Å².